The van der Waals surface area contributed by atoms with E-state index in [0.717, 1.165) is 29.5 Å². The van der Waals surface area contributed by atoms with E-state index >= 15 is 0 Å². The average molecular weight is 564 g/mol. The second-order valence-electron chi connectivity index (χ2n) is 10.8. The Morgan fingerprint density at radius 3 is 2.60 bits per heavy atom. The molecule has 2 aliphatic heterocycles. The Kier molecular flexibility index (Phi) is 8.54. The van der Waals surface area contributed by atoms with Gasteiger partial charge in [0.2, 0.25) is 10.0 Å². The minimum absolute atomic E-state index is 0.0411. The van der Waals surface area contributed by atoms with E-state index in [-0.39, 0.29) is 29.9 Å². The third-order valence-corrected chi connectivity index (χ3v) is 9.73. The summed E-state index contributed by atoms with van der Waals surface area (Å²) in [6, 6.07) is 16.9. The summed E-state index contributed by atoms with van der Waals surface area (Å²) in [4.78, 5) is 19.2. The van der Waals surface area contributed by atoms with Crippen LogP contribution in [0.4, 0.5) is 0 Å². The van der Waals surface area contributed by atoms with Crippen LogP contribution in [0.25, 0.3) is 0 Å². The maximum Gasteiger partial charge on any atom is 0.254 e. The number of hydrogen-bond donors (Lipinski definition) is 0. The molecule has 2 saturated heterocycles. The number of nitrogens with zero attached hydrogens (tertiary/aromatic N) is 3. The minimum Gasteiger partial charge on any atom is -0.486 e. The summed E-state index contributed by atoms with van der Waals surface area (Å²) in [5, 5.41) is 0. The maximum atomic E-state index is 13.5. The highest BCUT2D eigenvalue weighted by Gasteiger charge is 2.38. The summed E-state index contributed by atoms with van der Waals surface area (Å²) < 4.78 is 40.6. The highest BCUT2D eigenvalue weighted by Crippen LogP contribution is 2.28. The molecule has 0 N–H and O–H groups in total. The van der Waals surface area contributed by atoms with Crippen LogP contribution < -0.4 is 4.74 Å². The van der Waals surface area contributed by atoms with Crippen molar-refractivity contribution in [1.29, 1.82) is 0 Å². The van der Waals surface area contributed by atoms with Crippen LogP contribution in [-0.2, 0) is 26.9 Å². The molecule has 2 aromatic carbocycles. The molecule has 2 fully saturated rings. The number of likely N-dealkylation sites (tertiary alicyclic amines) is 1. The molecule has 1 aromatic heterocycles. The van der Waals surface area contributed by atoms with E-state index in [0.29, 0.717) is 42.9 Å². The van der Waals surface area contributed by atoms with Gasteiger partial charge in [0.15, 0.2) is 0 Å². The largest absolute Gasteiger partial charge is 0.486 e. The van der Waals surface area contributed by atoms with Crippen molar-refractivity contribution in [1.82, 2.24) is 14.2 Å². The molecule has 212 valence electrons. The van der Waals surface area contributed by atoms with Crippen LogP contribution in [-0.4, -0.2) is 73.5 Å². The van der Waals surface area contributed by atoms with Gasteiger partial charge in [-0.15, -0.1) is 0 Å². The fourth-order valence-electron chi connectivity index (χ4n) is 5.73. The number of hydrogen-bond acceptors (Lipinski definition) is 6. The van der Waals surface area contributed by atoms with Gasteiger partial charge >= 0.3 is 0 Å². The van der Waals surface area contributed by atoms with Crippen LogP contribution in [0, 0.1) is 13.8 Å². The Bertz CT molecular complexity index is 1450. The highest BCUT2D eigenvalue weighted by molar-refractivity contribution is 7.88. The number of benzene rings is 2. The lowest BCUT2D eigenvalue weighted by Gasteiger charge is -2.24. The number of pyridine rings is 1. The fourth-order valence-corrected chi connectivity index (χ4v) is 7.54. The van der Waals surface area contributed by atoms with Crippen molar-refractivity contribution >= 4 is 15.9 Å². The summed E-state index contributed by atoms with van der Waals surface area (Å²) in [5.74, 6) is 0.429. The van der Waals surface area contributed by atoms with Gasteiger partial charge in [-0.2, -0.15) is 4.31 Å². The van der Waals surface area contributed by atoms with Gasteiger partial charge in [0.05, 0.1) is 18.8 Å². The van der Waals surface area contributed by atoms with Crippen LogP contribution >= 0.6 is 0 Å². The molecule has 9 heteroatoms. The van der Waals surface area contributed by atoms with E-state index in [4.69, 9.17) is 9.47 Å². The van der Waals surface area contributed by atoms with Crippen LogP contribution in [0.3, 0.4) is 0 Å². The molecule has 3 unspecified atom stereocenters. The third kappa shape index (κ3) is 6.37. The van der Waals surface area contributed by atoms with Gasteiger partial charge in [-0.3, -0.25) is 9.78 Å². The van der Waals surface area contributed by atoms with Crippen molar-refractivity contribution in [3.8, 4) is 5.75 Å². The van der Waals surface area contributed by atoms with Gasteiger partial charge in [0, 0.05) is 37.7 Å². The molecule has 2 aliphatic rings. The third-order valence-electron chi connectivity index (χ3n) is 7.84. The first-order valence-electron chi connectivity index (χ1n) is 13.8. The molecule has 1 amide bonds. The minimum atomic E-state index is -3.52. The monoisotopic (exact) mass is 563 g/mol. The molecule has 0 spiro atoms. The van der Waals surface area contributed by atoms with Crippen molar-refractivity contribution in [2.75, 3.05) is 26.7 Å². The second-order valence-corrected chi connectivity index (χ2v) is 12.8. The standard InChI is InChI=1S/C31H37N3O5S/c1-22-11-12-23(2)28(15-22)31(35)33-19-29(38-3)30(20-33)39-27-10-4-7-25(17-27)21-40(36,37)34-14-6-9-26(34)16-24-8-5-13-32-18-24/h4-5,7-8,10-13,15,17-18,26,29-30H,6,9,14,16,19-21H2,1-3H3. The number of ether oxygens (including phenoxy) is 2. The molecule has 8 nitrogen and oxygen atoms in total. The van der Waals surface area contributed by atoms with Gasteiger partial charge in [-0.1, -0.05) is 35.9 Å². The number of aryl methyl sites for hydroxylation is 2. The van der Waals surface area contributed by atoms with Gasteiger partial charge in [0.25, 0.3) is 5.91 Å². The zero-order valence-corrected chi connectivity index (χ0v) is 24.1. The van der Waals surface area contributed by atoms with Crippen molar-refractivity contribution in [2.45, 2.75) is 57.1 Å². The SMILES string of the molecule is COC1CN(C(=O)c2cc(C)ccc2C)CC1Oc1cccc(CS(=O)(=O)N2CCCC2Cc2cccnc2)c1. The predicted molar refractivity (Wildman–Crippen MR) is 154 cm³/mol. The number of carbonyl (C=O) groups is 1. The van der Waals surface area contributed by atoms with Crippen LogP contribution in [0.2, 0.25) is 0 Å². The first kappa shape index (κ1) is 28.3. The zero-order valence-electron chi connectivity index (χ0n) is 23.3. The van der Waals surface area contributed by atoms with E-state index in [9.17, 15) is 13.2 Å². The van der Waals surface area contributed by atoms with Crippen molar-refractivity contribution in [2.24, 2.45) is 0 Å². The molecular weight excluding hydrogens is 526 g/mol. The Balaban J connectivity index is 1.25. The maximum absolute atomic E-state index is 13.5. The average Bonchev–Trinajstić information content (AvgIpc) is 3.57. The first-order chi connectivity index (χ1) is 19.2. The van der Waals surface area contributed by atoms with E-state index in [2.05, 4.69) is 4.98 Å². The molecule has 5 rings (SSSR count). The summed E-state index contributed by atoms with van der Waals surface area (Å²) in [7, 11) is -1.90. The Labute approximate surface area is 237 Å². The topological polar surface area (TPSA) is 89.0 Å². The Morgan fingerprint density at radius 2 is 1.82 bits per heavy atom. The van der Waals surface area contributed by atoms with Gasteiger partial charge < -0.3 is 14.4 Å². The molecule has 0 aliphatic carbocycles. The van der Waals surface area contributed by atoms with Crippen molar-refractivity contribution in [3.05, 3.63) is 94.8 Å². The molecule has 0 radical (unpaired) electrons. The Hall–Kier alpha value is -3.27. The number of methoxy groups -OCH3 is 1. The lowest BCUT2D eigenvalue weighted by molar-refractivity contribution is 0.0339. The van der Waals surface area contributed by atoms with Gasteiger partial charge in [0.1, 0.15) is 18.0 Å². The van der Waals surface area contributed by atoms with Gasteiger partial charge in [-0.05, 0) is 74.1 Å². The lowest BCUT2D eigenvalue weighted by atomic mass is 10.0. The Morgan fingerprint density at radius 1 is 1.02 bits per heavy atom. The number of aromatic nitrogens is 1. The number of rotatable bonds is 9. The van der Waals surface area contributed by atoms with Crippen LogP contribution in [0.5, 0.6) is 5.75 Å². The van der Waals surface area contributed by atoms with Crippen molar-refractivity contribution < 1.29 is 22.7 Å². The van der Waals surface area contributed by atoms with Crippen LogP contribution in [0.15, 0.2) is 67.0 Å². The fraction of sp³-hybridized carbons (Fsp3) is 0.419. The van der Waals surface area contributed by atoms with Gasteiger partial charge in [-0.25, -0.2) is 8.42 Å². The quantitative estimate of drug-likeness (QED) is 0.389. The number of amides is 1. The van der Waals surface area contributed by atoms with Crippen LogP contribution in [0.1, 0.15) is 45.5 Å². The highest BCUT2D eigenvalue weighted by atomic mass is 32.2. The van der Waals surface area contributed by atoms with E-state index in [1.165, 1.54) is 0 Å². The lowest BCUT2D eigenvalue weighted by Crippen LogP contribution is -2.37. The second kappa shape index (κ2) is 12.1. The molecule has 0 saturated carbocycles. The molecule has 3 heterocycles. The molecule has 0 bridgehead atoms. The molecule has 40 heavy (non-hydrogen) atoms. The number of carbonyl (C=O) groups excluding carboxylic acids is 1. The van der Waals surface area contributed by atoms with E-state index in [1.54, 1.807) is 34.8 Å². The van der Waals surface area contributed by atoms with E-state index < -0.39 is 10.0 Å². The first-order valence-corrected chi connectivity index (χ1v) is 15.4. The molecular formula is C31H37N3O5S. The summed E-state index contributed by atoms with van der Waals surface area (Å²) in [6.45, 7) is 5.26. The normalized spacial score (nSPS) is 21.6. The molecule has 3 atom stereocenters. The summed E-state index contributed by atoms with van der Waals surface area (Å²) >= 11 is 0. The summed E-state index contributed by atoms with van der Waals surface area (Å²) in [6.07, 6.45) is 5.22. The number of sulfonamides is 1. The zero-order chi connectivity index (χ0) is 28.3. The smallest absolute Gasteiger partial charge is 0.254 e. The van der Waals surface area contributed by atoms with Crippen molar-refractivity contribution in [3.63, 3.8) is 0 Å². The molecule has 3 aromatic rings. The predicted octanol–water partition coefficient (Wildman–Crippen LogP) is 4.15. The summed E-state index contributed by atoms with van der Waals surface area (Å²) in [5.41, 5.74) is 4.36. The van der Waals surface area contributed by atoms with E-state index in [1.807, 2.05) is 62.4 Å².